The number of imide groups is 1. The number of amides is 3. The first-order chi connectivity index (χ1) is 10.6. The Morgan fingerprint density at radius 2 is 1.86 bits per heavy atom. The molecule has 2 aromatic rings. The summed E-state index contributed by atoms with van der Waals surface area (Å²) in [5, 5.41) is 7.22. The number of halogens is 1. The van der Waals surface area contributed by atoms with Crippen molar-refractivity contribution in [1.29, 1.82) is 0 Å². The van der Waals surface area contributed by atoms with Crippen LogP contribution >= 0.6 is 11.6 Å². The van der Waals surface area contributed by atoms with Gasteiger partial charge in [0, 0.05) is 21.8 Å². The normalized spacial score (nSPS) is 13.7. The molecule has 0 saturated heterocycles. The summed E-state index contributed by atoms with van der Waals surface area (Å²) < 4.78 is 5.51. The molecule has 3 rings (SSSR count). The number of nitrogens with one attached hydrogen (secondary N) is 2. The van der Waals surface area contributed by atoms with E-state index in [-0.39, 0.29) is 12.6 Å². The van der Waals surface area contributed by atoms with Crippen LogP contribution in [0.15, 0.2) is 36.4 Å². The van der Waals surface area contributed by atoms with Crippen molar-refractivity contribution in [2.24, 2.45) is 0 Å². The SMILES string of the molecule is O=C(COc1ccc(Cl)c2ccccc12)NC(=O)NC1CC1. The van der Waals surface area contributed by atoms with Crippen LogP contribution in [0.3, 0.4) is 0 Å². The fraction of sp³-hybridized carbons (Fsp3) is 0.250. The molecule has 1 fully saturated rings. The van der Waals surface area contributed by atoms with Crippen molar-refractivity contribution < 1.29 is 14.3 Å². The van der Waals surface area contributed by atoms with Crippen LogP contribution in [0, 0.1) is 0 Å². The van der Waals surface area contributed by atoms with Crippen molar-refractivity contribution in [2.45, 2.75) is 18.9 Å². The summed E-state index contributed by atoms with van der Waals surface area (Å²) in [4.78, 5) is 23.2. The van der Waals surface area contributed by atoms with Crippen LogP contribution in [0.2, 0.25) is 5.02 Å². The smallest absolute Gasteiger partial charge is 0.321 e. The van der Waals surface area contributed by atoms with Crippen LogP contribution in [0.4, 0.5) is 4.79 Å². The lowest BCUT2D eigenvalue weighted by molar-refractivity contribution is -0.121. The van der Waals surface area contributed by atoms with Crippen molar-refractivity contribution in [1.82, 2.24) is 10.6 Å². The molecule has 2 N–H and O–H groups in total. The lowest BCUT2D eigenvalue weighted by Crippen LogP contribution is -2.42. The van der Waals surface area contributed by atoms with Gasteiger partial charge in [-0.2, -0.15) is 0 Å². The molecule has 0 aromatic heterocycles. The third kappa shape index (κ3) is 3.49. The molecular weight excluding hydrogens is 304 g/mol. The monoisotopic (exact) mass is 318 g/mol. The molecule has 0 heterocycles. The Balaban J connectivity index is 1.62. The number of hydrogen-bond acceptors (Lipinski definition) is 3. The van der Waals surface area contributed by atoms with Crippen LogP contribution in [-0.4, -0.2) is 24.6 Å². The zero-order valence-corrected chi connectivity index (χ0v) is 12.5. The van der Waals surface area contributed by atoms with Gasteiger partial charge in [-0.1, -0.05) is 35.9 Å². The molecule has 5 nitrogen and oxygen atoms in total. The van der Waals surface area contributed by atoms with Gasteiger partial charge in [0.15, 0.2) is 6.61 Å². The second-order valence-electron chi connectivity index (χ2n) is 5.18. The van der Waals surface area contributed by atoms with Gasteiger partial charge < -0.3 is 10.1 Å². The van der Waals surface area contributed by atoms with E-state index >= 15 is 0 Å². The molecule has 0 atom stereocenters. The quantitative estimate of drug-likeness (QED) is 0.911. The summed E-state index contributed by atoms with van der Waals surface area (Å²) in [6.45, 7) is -0.232. The van der Waals surface area contributed by atoms with Crippen LogP contribution in [0.25, 0.3) is 10.8 Å². The molecule has 3 amide bonds. The van der Waals surface area contributed by atoms with Crippen LogP contribution in [0.5, 0.6) is 5.75 Å². The minimum absolute atomic E-state index is 0.203. The van der Waals surface area contributed by atoms with Gasteiger partial charge in [0.1, 0.15) is 5.75 Å². The zero-order valence-electron chi connectivity index (χ0n) is 11.8. The van der Waals surface area contributed by atoms with E-state index in [0.717, 1.165) is 23.6 Å². The van der Waals surface area contributed by atoms with Gasteiger partial charge in [0.2, 0.25) is 0 Å². The summed E-state index contributed by atoms with van der Waals surface area (Å²) in [6, 6.07) is 10.7. The number of urea groups is 1. The number of fused-ring (bicyclic) bond motifs is 1. The van der Waals surface area contributed by atoms with Crippen LogP contribution < -0.4 is 15.4 Å². The number of hydrogen-bond donors (Lipinski definition) is 2. The van der Waals surface area contributed by atoms with Crippen molar-refractivity contribution in [2.75, 3.05) is 6.61 Å². The van der Waals surface area contributed by atoms with Crippen molar-refractivity contribution in [3.8, 4) is 5.75 Å². The van der Waals surface area contributed by atoms with Crippen molar-refractivity contribution >= 4 is 34.3 Å². The lowest BCUT2D eigenvalue weighted by Gasteiger charge is -2.10. The minimum Gasteiger partial charge on any atom is -0.483 e. The van der Waals surface area contributed by atoms with E-state index in [1.807, 2.05) is 24.3 Å². The molecule has 2 aromatic carbocycles. The molecule has 22 heavy (non-hydrogen) atoms. The van der Waals surface area contributed by atoms with E-state index in [2.05, 4.69) is 10.6 Å². The van der Waals surface area contributed by atoms with Crippen molar-refractivity contribution in [3.05, 3.63) is 41.4 Å². The van der Waals surface area contributed by atoms with Gasteiger partial charge in [0.05, 0.1) is 0 Å². The molecule has 1 aliphatic rings. The molecule has 0 radical (unpaired) electrons. The maximum absolute atomic E-state index is 11.7. The minimum atomic E-state index is -0.489. The van der Waals surface area contributed by atoms with E-state index in [1.165, 1.54) is 0 Å². The Hall–Kier alpha value is -2.27. The number of carbonyl (C=O) groups is 2. The first kappa shape index (κ1) is 14.7. The molecular formula is C16H15ClN2O3. The maximum Gasteiger partial charge on any atom is 0.321 e. The summed E-state index contributed by atoms with van der Waals surface area (Å²) in [5.41, 5.74) is 0. The van der Waals surface area contributed by atoms with Gasteiger partial charge in [-0.05, 0) is 25.0 Å². The summed E-state index contributed by atoms with van der Waals surface area (Å²) in [6.07, 6.45) is 1.93. The number of benzene rings is 2. The highest BCUT2D eigenvalue weighted by molar-refractivity contribution is 6.35. The number of ether oxygens (including phenoxy) is 1. The van der Waals surface area contributed by atoms with E-state index in [4.69, 9.17) is 16.3 Å². The Labute approximate surface area is 132 Å². The summed E-state index contributed by atoms with van der Waals surface area (Å²) in [7, 11) is 0. The largest absolute Gasteiger partial charge is 0.483 e. The maximum atomic E-state index is 11.7. The van der Waals surface area contributed by atoms with Crippen LogP contribution in [-0.2, 0) is 4.79 Å². The van der Waals surface area contributed by atoms with Gasteiger partial charge in [-0.25, -0.2) is 4.79 Å². The second kappa shape index (κ2) is 6.23. The molecule has 0 aliphatic heterocycles. The highest BCUT2D eigenvalue weighted by Gasteiger charge is 2.23. The molecule has 0 bridgehead atoms. The second-order valence-corrected chi connectivity index (χ2v) is 5.58. The average Bonchev–Trinajstić information content (AvgIpc) is 3.30. The zero-order chi connectivity index (χ0) is 15.5. The average molecular weight is 319 g/mol. The molecule has 0 unspecified atom stereocenters. The van der Waals surface area contributed by atoms with Gasteiger partial charge in [-0.3, -0.25) is 10.1 Å². The Morgan fingerprint density at radius 3 is 2.59 bits per heavy atom. The molecule has 6 heteroatoms. The third-order valence-electron chi connectivity index (χ3n) is 3.36. The van der Waals surface area contributed by atoms with Gasteiger partial charge in [-0.15, -0.1) is 0 Å². The Morgan fingerprint density at radius 1 is 1.14 bits per heavy atom. The predicted octanol–water partition coefficient (Wildman–Crippen LogP) is 2.86. The highest BCUT2D eigenvalue weighted by Crippen LogP contribution is 2.31. The lowest BCUT2D eigenvalue weighted by atomic mass is 10.1. The molecule has 1 aliphatic carbocycles. The van der Waals surface area contributed by atoms with Gasteiger partial charge in [0.25, 0.3) is 5.91 Å². The van der Waals surface area contributed by atoms with E-state index in [0.29, 0.717) is 10.8 Å². The first-order valence-corrected chi connectivity index (χ1v) is 7.41. The van der Waals surface area contributed by atoms with E-state index in [1.54, 1.807) is 12.1 Å². The molecule has 1 saturated carbocycles. The van der Waals surface area contributed by atoms with E-state index in [9.17, 15) is 9.59 Å². The predicted molar refractivity (Wildman–Crippen MR) is 84.1 cm³/mol. The first-order valence-electron chi connectivity index (χ1n) is 7.04. The highest BCUT2D eigenvalue weighted by atomic mass is 35.5. The fourth-order valence-corrected chi connectivity index (χ4v) is 2.34. The summed E-state index contributed by atoms with van der Waals surface area (Å²) >= 11 is 6.13. The molecule has 114 valence electrons. The summed E-state index contributed by atoms with van der Waals surface area (Å²) in [5.74, 6) is 0.0648. The fourth-order valence-electron chi connectivity index (χ4n) is 2.12. The number of rotatable bonds is 4. The Bertz CT molecular complexity index is 728. The number of carbonyl (C=O) groups excluding carboxylic acids is 2. The van der Waals surface area contributed by atoms with Crippen LogP contribution in [0.1, 0.15) is 12.8 Å². The standard InChI is InChI=1S/C16H15ClN2O3/c17-13-7-8-14(12-4-2-1-3-11(12)13)22-9-15(20)19-16(21)18-10-5-6-10/h1-4,7-8,10H,5-6,9H2,(H2,18,19,20,21). The topological polar surface area (TPSA) is 67.4 Å². The van der Waals surface area contributed by atoms with Gasteiger partial charge >= 0.3 is 6.03 Å². The Kier molecular flexibility index (Phi) is 4.15. The third-order valence-corrected chi connectivity index (χ3v) is 3.68. The molecule has 0 spiro atoms. The van der Waals surface area contributed by atoms with E-state index < -0.39 is 11.9 Å². The van der Waals surface area contributed by atoms with Crippen molar-refractivity contribution in [3.63, 3.8) is 0 Å².